The predicted molar refractivity (Wildman–Crippen MR) is 102 cm³/mol. The molecule has 1 fully saturated rings. The monoisotopic (exact) mass is 345 g/mol. The number of anilines is 1. The average molecular weight is 345 g/mol. The van der Waals surface area contributed by atoms with Crippen molar-refractivity contribution in [2.45, 2.75) is 46.0 Å². The van der Waals surface area contributed by atoms with Gasteiger partial charge in [0, 0.05) is 31.9 Å². The van der Waals surface area contributed by atoms with Crippen LogP contribution in [0.15, 0.2) is 24.3 Å². The van der Waals surface area contributed by atoms with Gasteiger partial charge in [0.2, 0.25) is 0 Å². The molecule has 1 saturated heterocycles. The van der Waals surface area contributed by atoms with Crippen LogP contribution in [-0.4, -0.2) is 38.0 Å². The van der Waals surface area contributed by atoms with Crippen molar-refractivity contribution in [2.24, 2.45) is 5.92 Å². The second-order valence-electron chi connectivity index (χ2n) is 7.18. The van der Waals surface area contributed by atoms with Gasteiger partial charge in [0.15, 0.2) is 0 Å². The first kappa shape index (κ1) is 19.3. The molecule has 2 rings (SSSR count). The number of nitrogens with zero attached hydrogens (tertiary/aromatic N) is 1. The maximum absolute atomic E-state index is 11.7. The molecule has 1 aliphatic rings. The van der Waals surface area contributed by atoms with Crippen LogP contribution in [0.1, 0.15) is 45.1 Å². The molecule has 0 saturated carbocycles. The van der Waals surface area contributed by atoms with E-state index >= 15 is 0 Å². The summed E-state index contributed by atoms with van der Waals surface area (Å²) >= 11 is 0. The van der Waals surface area contributed by atoms with E-state index in [9.17, 15) is 9.59 Å². The zero-order valence-electron chi connectivity index (χ0n) is 15.5. The first-order valence-electron chi connectivity index (χ1n) is 9.46. The number of amides is 2. The van der Waals surface area contributed by atoms with Crippen LogP contribution in [0.5, 0.6) is 0 Å². The van der Waals surface area contributed by atoms with Crippen molar-refractivity contribution in [3.63, 3.8) is 0 Å². The quantitative estimate of drug-likeness (QED) is 0.779. The van der Waals surface area contributed by atoms with E-state index in [1.807, 2.05) is 13.8 Å². The van der Waals surface area contributed by atoms with Gasteiger partial charge in [-0.25, -0.2) is 0 Å². The molecule has 5 heteroatoms. The number of benzene rings is 1. The number of nitrogens with one attached hydrogen (secondary N) is 2. The molecule has 2 amide bonds. The summed E-state index contributed by atoms with van der Waals surface area (Å²) < 4.78 is 0. The van der Waals surface area contributed by atoms with E-state index in [1.54, 1.807) is 0 Å². The number of hydrogen-bond acceptors (Lipinski definition) is 3. The summed E-state index contributed by atoms with van der Waals surface area (Å²) in [5.74, 6) is -0.772. The first-order chi connectivity index (χ1) is 12.1. The molecule has 0 atom stereocenters. The molecule has 0 radical (unpaired) electrons. The van der Waals surface area contributed by atoms with Crippen LogP contribution in [0, 0.1) is 5.92 Å². The SMILES string of the molecule is CC(C)CNC(=O)C(=O)NCCc1ccc(N2CCCCCC2)cc1. The zero-order chi connectivity index (χ0) is 18.1. The fourth-order valence-corrected chi connectivity index (χ4v) is 2.98. The van der Waals surface area contributed by atoms with Crippen molar-refractivity contribution in [2.75, 3.05) is 31.1 Å². The fourth-order valence-electron chi connectivity index (χ4n) is 2.98. The molecule has 5 nitrogen and oxygen atoms in total. The minimum absolute atomic E-state index is 0.333. The van der Waals surface area contributed by atoms with Crippen LogP contribution in [0.25, 0.3) is 0 Å². The van der Waals surface area contributed by atoms with Gasteiger partial charge in [-0.1, -0.05) is 38.8 Å². The first-order valence-corrected chi connectivity index (χ1v) is 9.46. The van der Waals surface area contributed by atoms with Crippen LogP contribution in [0.4, 0.5) is 5.69 Å². The highest BCUT2D eigenvalue weighted by Crippen LogP contribution is 2.20. The molecule has 138 valence electrons. The Morgan fingerprint density at radius 3 is 2.16 bits per heavy atom. The lowest BCUT2D eigenvalue weighted by molar-refractivity contribution is -0.139. The van der Waals surface area contributed by atoms with Crippen molar-refractivity contribution in [1.82, 2.24) is 10.6 Å². The Kier molecular flexibility index (Phi) is 7.76. The molecule has 0 aromatic heterocycles. The van der Waals surface area contributed by atoms with Gasteiger partial charge < -0.3 is 15.5 Å². The van der Waals surface area contributed by atoms with Crippen LogP contribution >= 0.6 is 0 Å². The molecule has 0 bridgehead atoms. The van der Waals surface area contributed by atoms with E-state index in [1.165, 1.54) is 36.9 Å². The van der Waals surface area contributed by atoms with E-state index < -0.39 is 11.8 Å². The van der Waals surface area contributed by atoms with Gasteiger partial charge in [0.25, 0.3) is 0 Å². The maximum atomic E-state index is 11.7. The molecule has 1 heterocycles. The minimum Gasteiger partial charge on any atom is -0.372 e. The highest BCUT2D eigenvalue weighted by Gasteiger charge is 2.13. The highest BCUT2D eigenvalue weighted by molar-refractivity contribution is 6.35. The standard InChI is InChI=1S/C20H31N3O2/c1-16(2)15-22-20(25)19(24)21-12-11-17-7-9-18(10-8-17)23-13-5-3-4-6-14-23/h7-10,16H,3-6,11-15H2,1-2H3,(H,21,24)(H,22,25). The van der Waals surface area contributed by atoms with E-state index in [4.69, 9.17) is 0 Å². The molecule has 0 spiro atoms. The summed E-state index contributed by atoms with van der Waals surface area (Å²) in [5, 5.41) is 5.30. The van der Waals surface area contributed by atoms with Crippen molar-refractivity contribution in [3.8, 4) is 0 Å². The van der Waals surface area contributed by atoms with Crippen molar-refractivity contribution >= 4 is 17.5 Å². The van der Waals surface area contributed by atoms with Gasteiger partial charge in [0.1, 0.15) is 0 Å². The minimum atomic E-state index is -0.554. The van der Waals surface area contributed by atoms with E-state index in [0.29, 0.717) is 19.0 Å². The van der Waals surface area contributed by atoms with Crippen molar-refractivity contribution in [3.05, 3.63) is 29.8 Å². The predicted octanol–water partition coefficient (Wildman–Crippen LogP) is 2.50. The number of carbonyl (C=O) groups excluding carboxylic acids is 2. The maximum Gasteiger partial charge on any atom is 0.309 e. The van der Waals surface area contributed by atoms with E-state index in [2.05, 4.69) is 39.8 Å². The molecule has 2 N–H and O–H groups in total. The van der Waals surface area contributed by atoms with Gasteiger partial charge in [-0.05, 0) is 42.9 Å². The lowest BCUT2D eigenvalue weighted by atomic mass is 10.1. The summed E-state index contributed by atoms with van der Waals surface area (Å²) in [4.78, 5) is 25.8. The molecular formula is C20H31N3O2. The molecule has 0 unspecified atom stereocenters. The zero-order valence-corrected chi connectivity index (χ0v) is 15.5. The highest BCUT2D eigenvalue weighted by atomic mass is 16.2. The third-order valence-electron chi connectivity index (χ3n) is 4.48. The lowest BCUT2D eigenvalue weighted by Gasteiger charge is -2.22. The van der Waals surface area contributed by atoms with Gasteiger partial charge in [-0.3, -0.25) is 9.59 Å². The fraction of sp³-hybridized carbons (Fsp3) is 0.600. The Morgan fingerprint density at radius 1 is 0.960 bits per heavy atom. The molecule has 1 aliphatic heterocycles. The van der Waals surface area contributed by atoms with Crippen LogP contribution in [0.2, 0.25) is 0 Å². The average Bonchev–Trinajstić information content (AvgIpc) is 2.89. The van der Waals surface area contributed by atoms with Crippen LogP contribution in [0.3, 0.4) is 0 Å². The molecular weight excluding hydrogens is 314 g/mol. The smallest absolute Gasteiger partial charge is 0.309 e. The molecule has 25 heavy (non-hydrogen) atoms. The van der Waals surface area contributed by atoms with Crippen LogP contribution in [-0.2, 0) is 16.0 Å². The Hall–Kier alpha value is -2.04. The summed E-state index contributed by atoms with van der Waals surface area (Å²) in [7, 11) is 0. The number of hydrogen-bond donors (Lipinski definition) is 2. The second kappa shape index (κ2) is 10.1. The number of carbonyl (C=O) groups is 2. The third kappa shape index (κ3) is 6.77. The summed E-state index contributed by atoms with van der Waals surface area (Å²) in [5.41, 5.74) is 2.45. The Morgan fingerprint density at radius 2 is 1.56 bits per heavy atom. The lowest BCUT2D eigenvalue weighted by Crippen LogP contribution is -2.41. The van der Waals surface area contributed by atoms with E-state index in [0.717, 1.165) is 19.5 Å². The largest absolute Gasteiger partial charge is 0.372 e. The summed E-state index contributed by atoms with van der Waals surface area (Å²) in [6, 6.07) is 8.56. The molecule has 1 aromatic rings. The third-order valence-corrected chi connectivity index (χ3v) is 4.48. The normalized spacial score (nSPS) is 14.9. The summed E-state index contributed by atoms with van der Waals surface area (Å²) in [6.45, 7) is 7.25. The number of rotatable bonds is 6. The van der Waals surface area contributed by atoms with E-state index in [-0.39, 0.29) is 0 Å². The van der Waals surface area contributed by atoms with Crippen LogP contribution < -0.4 is 15.5 Å². The van der Waals surface area contributed by atoms with Crippen molar-refractivity contribution in [1.29, 1.82) is 0 Å². The molecule has 0 aliphatic carbocycles. The topological polar surface area (TPSA) is 61.4 Å². The van der Waals surface area contributed by atoms with Gasteiger partial charge in [0.05, 0.1) is 0 Å². The van der Waals surface area contributed by atoms with Gasteiger partial charge in [-0.15, -0.1) is 0 Å². The molecule has 1 aromatic carbocycles. The second-order valence-corrected chi connectivity index (χ2v) is 7.18. The van der Waals surface area contributed by atoms with Gasteiger partial charge >= 0.3 is 11.8 Å². The Balaban J connectivity index is 1.74. The Labute approximate surface area is 151 Å². The summed E-state index contributed by atoms with van der Waals surface area (Å²) in [6.07, 6.45) is 5.93. The Bertz CT molecular complexity index is 547. The van der Waals surface area contributed by atoms with Gasteiger partial charge in [-0.2, -0.15) is 0 Å². The van der Waals surface area contributed by atoms with Crippen molar-refractivity contribution < 1.29 is 9.59 Å².